The third-order valence-corrected chi connectivity index (χ3v) is 6.38. The summed E-state index contributed by atoms with van der Waals surface area (Å²) in [6, 6.07) is 13.7. The lowest BCUT2D eigenvalue weighted by Gasteiger charge is -2.20. The molecule has 1 aliphatic carbocycles. The molecule has 0 spiro atoms. The summed E-state index contributed by atoms with van der Waals surface area (Å²) < 4.78 is 5.65. The molecule has 1 aliphatic rings. The number of benzene rings is 2. The second kappa shape index (κ2) is 10.2. The molecule has 6 nitrogen and oxygen atoms in total. The average molecular weight is 457 g/mol. The van der Waals surface area contributed by atoms with E-state index >= 15 is 0 Å². The quantitative estimate of drug-likeness (QED) is 0.472. The second-order valence-corrected chi connectivity index (χ2v) is 9.00. The Labute approximate surface area is 191 Å². The number of rotatable bonds is 8. The smallest absolute Gasteiger partial charge is 0.230 e. The summed E-state index contributed by atoms with van der Waals surface area (Å²) in [5.74, 6) is 1.51. The van der Waals surface area contributed by atoms with Crippen molar-refractivity contribution in [1.82, 2.24) is 20.5 Å². The summed E-state index contributed by atoms with van der Waals surface area (Å²) in [5.41, 5.74) is 4.02. The topological polar surface area (TPSA) is 79.9 Å². The van der Waals surface area contributed by atoms with Gasteiger partial charge in [-0.2, -0.15) is 0 Å². The summed E-state index contributed by atoms with van der Waals surface area (Å²) in [4.78, 5) is 16.8. The number of aromatic amines is 1. The Balaban J connectivity index is 1.24. The number of amides is 1. The van der Waals surface area contributed by atoms with Gasteiger partial charge in [-0.1, -0.05) is 41.6 Å². The molecule has 1 unspecified atom stereocenters. The number of ether oxygens (including phenoxy) is 1. The molecule has 1 heterocycles. The minimum atomic E-state index is -0.0426. The van der Waals surface area contributed by atoms with E-state index in [4.69, 9.17) is 16.3 Å². The number of nitrogens with zero attached hydrogens (tertiary/aromatic N) is 2. The lowest BCUT2D eigenvalue weighted by molar-refractivity contribution is -0.119. The minimum Gasteiger partial charge on any atom is -0.486 e. The molecule has 162 valence electrons. The van der Waals surface area contributed by atoms with Gasteiger partial charge in [0.05, 0.1) is 11.8 Å². The monoisotopic (exact) mass is 456 g/mol. The lowest BCUT2D eigenvalue weighted by Crippen LogP contribution is -2.28. The number of carbonyl (C=O) groups excluding carboxylic acids is 1. The van der Waals surface area contributed by atoms with Crippen LogP contribution in [0.3, 0.4) is 0 Å². The standard InChI is InChI=1S/C23H25ClN4O2S/c1-15(17-7-6-16-4-2-3-5-18(16)12-17)25-22(29)14-31-23-26-21(27-28-23)13-30-20-10-8-19(24)9-11-20/h6-12,15H,2-5,13-14H2,1H3,(H,25,29)(H,26,27,28). The van der Waals surface area contributed by atoms with E-state index in [0.29, 0.717) is 21.8 Å². The first kappa shape index (κ1) is 21.7. The number of hydrogen-bond donors (Lipinski definition) is 2. The number of hydrogen-bond acceptors (Lipinski definition) is 5. The number of carbonyl (C=O) groups is 1. The maximum Gasteiger partial charge on any atom is 0.230 e. The van der Waals surface area contributed by atoms with Crippen LogP contribution in [-0.4, -0.2) is 26.8 Å². The van der Waals surface area contributed by atoms with Gasteiger partial charge in [-0.3, -0.25) is 9.89 Å². The van der Waals surface area contributed by atoms with Crippen LogP contribution in [0.2, 0.25) is 5.02 Å². The average Bonchev–Trinajstić information content (AvgIpc) is 3.25. The van der Waals surface area contributed by atoms with Crippen molar-refractivity contribution in [1.29, 1.82) is 0 Å². The Kier molecular flexibility index (Phi) is 7.14. The fourth-order valence-corrected chi connectivity index (χ4v) is 4.36. The maximum atomic E-state index is 12.4. The van der Waals surface area contributed by atoms with Crippen molar-refractivity contribution in [2.75, 3.05) is 5.75 Å². The summed E-state index contributed by atoms with van der Waals surface area (Å²) >= 11 is 7.16. The van der Waals surface area contributed by atoms with E-state index < -0.39 is 0 Å². The van der Waals surface area contributed by atoms with Gasteiger partial charge in [0.15, 0.2) is 5.82 Å². The van der Waals surface area contributed by atoms with Gasteiger partial charge in [0.2, 0.25) is 11.1 Å². The first-order valence-corrected chi connectivity index (χ1v) is 11.8. The van der Waals surface area contributed by atoms with E-state index in [1.54, 1.807) is 24.3 Å². The molecule has 0 fully saturated rings. The highest BCUT2D eigenvalue weighted by atomic mass is 35.5. The molecule has 1 aromatic heterocycles. The molecule has 2 aromatic carbocycles. The number of thioether (sulfide) groups is 1. The van der Waals surface area contributed by atoms with Crippen molar-refractivity contribution < 1.29 is 9.53 Å². The van der Waals surface area contributed by atoms with Crippen LogP contribution in [-0.2, 0) is 24.2 Å². The highest BCUT2D eigenvalue weighted by Crippen LogP contribution is 2.25. The zero-order valence-electron chi connectivity index (χ0n) is 17.4. The number of H-pyrrole nitrogens is 1. The van der Waals surface area contributed by atoms with Crippen molar-refractivity contribution in [3.63, 3.8) is 0 Å². The molecule has 1 amide bonds. The van der Waals surface area contributed by atoms with Crippen LogP contribution in [0.4, 0.5) is 0 Å². The molecule has 4 rings (SSSR count). The van der Waals surface area contributed by atoms with E-state index in [0.717, 1.165) is 18.4 Å². The fourth-order valence-electron chi connectivity index (χ4n) is 3.61. The van der Waals surface area contributed by atoms with Gasteiger partial charge in [0.25, 0.3) is 0 Å². The van der Waals surface area contributed by atoms with Gasteiger partial charge < -0.3 is 10.1 Å². The molecule has 2 N–H and O–H groups in total. The van der Waals surface area contributed by atoms with Crippen LogP contribution in [0.25, 0.3) is 0 Å². The Bertz CT molecular complexity index is 1040. The van der Waals surface area contributed by atoms with E-state index in [1.165, 1.54) is 35.7 Å². The molecule has 0 radical (unpaired) electrons. The molecule has 31 heavy (non-hydrogen) atoms. The zero-order valence-corrected chi connectivity index (χ0v) is 18.9. The van der Waals surface area contributed by atoms with E-state index in [-0.39, 0.29) is 24.3 Å². The van der Waals surface area contributed by atoms with E-state index in [2.05, 4.69) is 38.7 Å². The fraction of sp³-hybridized carbons (Fsp3) is 0.348. The molecular formula is C23H25ClN4O2S. The number of fused-ring (bicyclic) bond motifs is 1. The number of aromatic nitrogens is 3. The van der Waals surface area contributed by atoms with Crippen LogP contribution >= 0.6 is 23.4 Å². The van der Waals surface area contributed by atoms with Crippen molar-refractivity contribution in [2.45, 2.75) is 50.4 Å². The Morgan fingerprint density at radius 1 is 1.19 bits per heavy atom. The zero-order chi connectivity index (χ0) is 21.6. The van der Waals surface area contributed by atoms with Crippen LogP contribution in [0.1, 0.15) is 48.3 Å². The third kappa shape index (κ3) is 6.02. The van der Waals surface area contributed by atoms with Crippen molar-refractivity contribution in [3.8, 4) is 5.75 Å². The molecule has 1 atom stereocenters. The van der Waals surface area contributed by atoms with Gasteiger partial charge in [-0.05, 0) is 73.6 Å². The van der Waals surface area contributed by atoms with Crippen LogP contribution in [0.15, 0.2) is 47.6 Å². The Morgan fingerprint density at radius 3 is 2.77 bits per heavy atom. The highest BCUT2D eigenvalue weighted by molar-refractivity contribution is 7.99. The normalized spacial score (nSPS) is 14.0. The largest absolute Gasteiger partial charge is 0.486 e. The van der Waals surface area contributed by atoms with E-state index in [9.17, 15) is 4.79 Å². The number of aryl methyl sites for hydroxylation is 2. The summed E-state index contributed by atoms with van der Waals surface area (Å²) in [7, 11) is 0. The molecule has 3 aromatic rings. The van der Waals surface area contributed by atoms with Crippen LogP contribution < -0.4 is 10.1 Å². The van der Waals surface area contributed by atoms with Crippen LogP contribution in [0.5, 0.6) is 5.75 Å². The van der Waals surface area contributed by atoms with Gasteiger partial charge in [0, 0.05) is 5.02 Å². The van der Waals surface area contributed by atoms with Crippen molar-refractivity contribution >= 4 is 29.3 Å². The number of nitrogens with one attached hydrogen (secondary N) is 2. The highest BCUT2D eigenvalue weighted by Gasteiger charge is 2.15. The molecule has 0 saturated heterocycles. The van der Waals surface area contributed by atoms with Gasteiger partial charge in [-0.25, -0.2) is 4.98 Å². The predicted octanol–water partition coefficient (Wildman–Crippen LogP) is 4.89. The maximum absolute atomic E-state index is 12.4. The Morgan fingerprint density at radius 2 is 1.97 bits per heavy atom. The molecular weight excluding hydrogens is 432 g/mol. The molecule has 8 heteroatoms. The van der Waals surface area contributed by atoms with Crippen LogP contribution in [0, 0.1) is 0 Å². The van der Waals surface area contributed by atoms with E-state index in [1.807, 2.05) is 6.92 Å². The van der Waals surface area contributed by atoms with Gasteiger partial charge in [-0.15, -0.1) is 5.10 Å². The first-order valence-electron chi connectivity index (χ1n) is 10.4. The summed E-state index contributed by atoms with van der Waals surface area (Å²) in [6.45, 7) is 2.28. The lowest BCUT2D eigenvalue weighted by atomic mass is 9.89. The number of halogens is 1. The third-order valence-electron chi connectivity index (χ3n) is 5.28. The Hall–Kier alpha value is -2.51. The van der Waals surface area contributed by atoms with Crippen molar-refractivity contribution in [2.24, 2.45) is 0 Å². The SMILES string of the molecule is CC(NC(=O)CSc1n[nH]c(COc2ccc(Cl)cc2)n1)c1ccc2c(c1)CCCC2. The van der Waals surface area contributed by atoms with Gasteiger partial charge >= 0.3 is 0 Å². The predicted molar refractivity (Wildman–Crippen MR) is 123 cm³/mol. The molecule has 0 aliphatic heterocycles. The molecule has 0 saturated carbocycles. The first-order chi connectivity index (χ1) is 15.1. The van der Waals surface area contributed by atoms with Gasteiger partial charge in [0.1, 0.15) is 12.4 Å². The molecule has 0 bridgehead atoms. The summed E-state index contributed by atoms with van der Waals surface area (Å²) in [6.07, 6.45) is 4.81. The van der Waals surface area contributed by atoms with Crippen molar-refractivity contribution in [3.05, 3.63) is 70.0 Å². The summed E-state index contributed by atoms with van der Waals surface area (Å²) in [5, 5.41) is 11.2. The second-order valence-electron chi connectivity index (χ2n) is 7.62. The minimum absolute atomic E-state index is 0.0317.